The van der Waals surface area contributed by atoms with Crippen molar-refractivity contribution in [3.05, 3.63) is 65.0 Å². The smallest absolute Gasteiger partial charge is 0.252 e. The number of carbonyl (C=O) groups excluding carboxylic acids is 1. The van der Waals surface area contributed by atoms with E-state index in [2.05, 4.69) is 44.4 Å². The second-order valence-electron chi connectivity index (χ2n) is 9.18. The minimum Gasteiger partial charge on any atom is -0.352 e. The van der Waals surface area contributed by atoms with E-state index in [0.717, 1.165) is 25.9 Å². The molecular weight excluding hydrogens is 372 g/mol. The molecule has 2 heterocycles. The number of aromatic nitrogens is 1. The van der Waals surface area contributed by atoms with Crippen molar-refractivity contribution in [2.24, 2.45) is 5.92 Å². The van der Waals surface area contributed by atoms with Crippen LogP contribution >= 0.6 is 0 Å². The molecule has 1 aliphatic carbocycles. The van der Waals surface area contributed by atoms with Gasteiger partial charge in [-0.2, -0.15) is 0 Å². The average molecular weight is 407 g/mol. The molecule has 0 bridgehead atoms. The fourth-order valence-electron chi connectivity index (χ4n) is 4.91. The molecule has 1 unspecified atom stereocenters. The molecule has 0 spiro atoms. The van der Waals surface area contributed by atoms with E-state index in [1.807, 2.05) is 26.4 Å². The Morgan fingerprint density at radius 2 is 1.97 bits per heavy atom. The predicted octanol–water partition coefficient (Wildman–Crippen LogP) is 2.79. The Balaban J connectivity index is 1.27. The zero-order valence-corrected chi connectivity index (χ0v) is 18.3. The van der Waals surface area contributed by atoms with Crippen LogP contribution in [0.1, 0.15) is 39.9 Å². The van der Waals surface area contributed by atoms with Gasteiger partial charge in [0.25, 0.3) is 5.91 Å². The van der Waals surface area contributed by atoms with Crippen molar-refractivity contribution in [2.75, 3.05) is 40.3 Å². The van der Waals surface area contributed by atoms with Crippen molar-refractivity contribution in [3.8, 4) is 0 Å². The summed E-state index contributed by atoms with van der Waals surface area (Å²) >= 11 is 0. The largest absolute Gasteiger partial charge is 0.352 e. The van der Waals surface area contributed by atoms with Gasteiger partial charge in [0.2, 0.25) is 0 Å². The van der Waals surface area contributed by atoms with Crippen molar-refractivity contribution in [3.63, 3.8) is 0 Å². The third kappa shape index (κ3) is 5.27. The van der Waals surface area contributed by atoms with Crippen molar-refractivity contribution in [2.45, 2.75) is 38.1 Å². The Morgan fingerprint density at radius 1 is 1.20 bits per heavy atom. The summed E-state index contributed by atoms with van der Waals surface area (Å²) in [6.07, 6.45) is 9.17. The van der Waals surface area contributed by atoms with Crippen LogP contribution in [0, 0.1) is 5.92 Å². The van der Waals surface area contributed by atoms with Gasteiger partial charge in [0.1, 0.15) is 0 Å². The first-order chi connectivity index (χ1) is 14.6. The van der Waals surface area contributed by atoms with Gasteiger partial charge in [-0.05, 0) is 88.0 Å². The maximum atomic E-state index is 12.4. The first kappa shape index (κ1) is 21.0. The van der Waals surface area contributed by atoms with E-state index in [0.29, 0.717) is 24.1 Å². The highest BCUT2D eigenvalue weighted by molar-refractivity contribution is 5.93. The quantitative estimate of drug-likeness (QED) is 0.685. The van der Waals surface area contributed by atoms with E-state index >= 15 is 0 Å². The van der Waals surface area contributed by atoms with Crippen LogP contribution in [0.2, 0.25) is 0 Å². The van der Waals surface area contributed by atoms with Crippen molar-refractivity contribution in [1.29, 1.82) is 0 Å². The normalized spacial score (nSPS) is 19.4. The molecule has 1 aromatic heterocycles. The van der Waals surface area contributed by atoms with Gasteiger partial charge >= 0.3 is 0 Å². The zero-order valence-electron chi connectivity index (χ0n) is 18.3. The Labute approximate surface area is 180 Å². The van der Waals surface area contributed by atoms with E-state index in [9.17, 15) is 4.79 Å². The number of hydrogen-bond acceptors (Lipinski definition) is 4. The molecule has 2 aromatic rings. The fourth-order valence-corrected chi connectivity index (χ4v) is 4.91. The van der Waals surface area contributed by atoms with Gasteiger partial charge in [-0.1, -0.05) is 24.3 Å². The lowest BCUT2D eigenvalue weighted by Gasteiger charge is -2.23. The Kier molecular flexibility index (Phi) is 6.80. The summed E-state index contributed by atoms with van der Waals surface area (Å²) in [5.74, 6) is 0.633. The standard InChI is InChI=1S/C25H34N4O/c1-28(2)10-5-9-27-25(30)23-13-20(16-26-17-23)12-19-8-11-29(18-19)24-14-21-6-3-4-7-22(21)15-24/h3-4,6-7,13,16-17,19,24H,5,8-12,14-15,18H2,1-2H3,(H,27,30). The number of fused-ring (bicyclic) bond motifs is 1. The highest BCUT2D eigenvalue weighted by Crippen LogP contribution is 2.30. The molecule has 4 rings (SSSR count). The van der Waals surface area contributed by atoms with Gasteiger partial charge in [-0.25, -0.2) is 0 Å². The lowest BCUT2D eigenvalue weighted by Crippen LogP contribution is -2.34. The highest BCUT2D eigenvalue weighted by Gasteiger charge is 2.32. The summed E-state index contributed by atoms with van der Waals surface area (Å²) < 4.78 is 0. The molecule has 2 aliphatic rings. The summed E-state index contributed by atoms with van der Waals surface area (Å²) in [6.45, 7) is 4.01. The second kappa shape index (κ2) is 9.71. The second-order valence-corrected chi connectivity index (χ2v) is 9.18. The Bertz CT molecular complexity index is 841. The molecule has 1 N–H and O–H groups in total. The number of hydrogen-bond donors (Lipinski definition) is 1. The number of benzene rings is 1. The molecule has 30 heavy (non-hydrogen) atoms. The predicted molar refractivity (Wildman–Crippen MR) is 121 cm³/mol. The molecule has 1 amide bonds. The average Bonchev–Trinajstić information content (AvgIpc) is 3.38. The van der Waals surface area contributed by atoms with Crippen molar-refractivity contribution < 1.29 is 4.79 Å². The zero-order chi connectivity index (χ0) is 20.9. The minimum atomic E-state index is -0.0140. The molecule has 0 radical (unpaired) electrons. The molecule has 1 atom stereocenters. The molecule has 1 aliphatic heterocycles. The van der Waals surface area contributed by atoms with E-state index in [1.165, 1.54) is 42.5 Å². The molecule has 1 aromatic carbocycles. The maximum Gasteiger partial charge on any atom is 0.252 e. The van der Waals surface area contributed by atoms with Gasteiger partial charge in [0.05, 0.1) is 5.56 Å². The number of carbonyl (C=O) groups is 1. The maximum absolute atomic E-state index is 12.4. The van der Waals surface area contributed by atoms with Gasteiger partial charge < -0.3 is 10.2 Å². The number of likely N-dealkylation sites (tertiary alicyclic amines) is 1. The first-order valence-corrected chi connectivity index (χ1v) is 11.3. The monoisotopic (exact) mass is 406 g/mol. The lowest BCUT2D eigenvalue weighted by molar-refractivity contribution is 0.0952. The van der Waals surface area contributed by atoms with Crippen LogP contribution in [0.3, 0.4) is 0 Å². The molecular formula is C25H34N4O. The summed E-state index contributed by atoms with van der Waals surface area (Å²) in [4.78, 5) is 21.6. The third-order valence-corrected chi connectivity index (χ3v) is 6.51. The van der Waals surface area contributed by atoms with E-state index < -0.39 is 0 Å². The molecule has 0 saturated carbocycles. The summed E-state index contributed by atoms with van der Waals surface area (Å²) in [5, 5.41) is 3.01. The van der Waals surface area contributed by atoms with E-state index in [1.54, 1.807) is 6.20 Å². The number of amides is 1. The highest BCUT2D eigenvalue weighted by atomic mass is 16.1. The number of rotatable bonds is 8. The molecule has 1 saturated heterocycles. The van der Waals surface area contributed by atoms with E-state index in [4.69, 9.17) is 0 Å². The van der Waals surface area contributed by atoms with Crippen LogP contribution < -0.4 is 5.32 Å². The topological polar surface area (TPSA) is 48.5 Å². The number of nitrogens with one attached hydrogen (secondary N) is 1. The molecule has 160 valence electrons. The van der Waals surface area contributed by atoms with Crippen molar-refractivity contribution >= 4 is 5.91 Å². The fraction of sp³-hybridized carbons (Fsp3) is 0.520. The lowest BCUT2D eigenvalue weighted by atomic mass is 9.99. The van der Waals surface area contributed by atoms with Crippen LogP contribution in [-0.4, -0.2) is 67.0 Å². The van der Waals surface area contributed by atoms with Gasteiger partial charge in [0.15, 0.2) is 0 Å². The van der Waals surface area contributed by atoms with Gasteiger partial charge in [-0.15, -0.1) is 0 Å². The number of nitrogens with zero attached hydrogens (tertiary/aromatic N) is 3. The molecule has 5 heteroatoms. The molecule has 1 fully saturated rings. The molecule has 5 nitrogen and oxygen atoms in total. The summed E-state index contributed by atoms with van der Waals surface area (Å²) in [7, 11) is 4.09. The van der Waals surface area contributed by atoms with Crippen LogP contribution in [0.5, 0.6) is 0 Å². The summed E-state index contributed by atoms with van der Waals surface area (Å²) in [5.41, 5.74) is 4.91. The van der Waals surface area contributed by atoms with Crippen molar-refractivity contribution in [1.82, 2.24) is 20.1 Å². The van der Waals surface area contributed by atoms with Crippen LogP contribution in [0.4, 0.5) is 0 Å². The SMILES string of the molecule is CN(C)CCCNC(=O)c1cncc(CC2CCN(C3Cc4ccccc4C3)C2)c1. The Hall–Kier alpha value is -2.24. The third-order valence-electron chi connectivity index (χ3n) is 6.51. The first-order valence-electron chi connectivity index (χ1n) is 11.3. The van der Waals surface area contributed by atoms with E-state index in [-0.39, 0.29) is 5.91 Å². The van der Waals surface area contributed by atoms with Crippen LogP contribution in [0.15, 0.2) is 42.7 Å². The van der Waals surface area contributed by atoms with Gasteiger partial charge in [-0.3, -0.25) is 14.7 Å². The number of pyridine rings is 1. The van der Waals surface area contributed by atoms with Crippen LogP contribution in [-0.2, 0) is 19.3 Å². The Morgan fingerprint density at radius 3 is 2.70 bits per heavy atom. The van der Waals surface area contributed by atoms with Gasteiger partial charge in [0, 0.05) is 31.5 Å². The minimum absolute atomic E-state index is 0.0140. The summed E-state index contributed by atoms with van der Waals surface area (Å²) in [6, 6.07) is 11.6. The van der Waals surface area contributed by atoms with Crippen LogP contribution in [0.25, 0.3) is 0 Å².